The highest BCUT2D eigenvalue weighted by Crippen LogP contribution is 2.13. The number of hydrogen-bond donors (Lipinski definition) is 0. The summed E-state index contributed by atoms with van der Waals surface area (Å²) in [5.74, 6) is 0.664. The van der Waals surface area contributed by atoms with E-state index in [0.29, 0.717) is 16.9 Å². The molecule has 0 aliphatic carbocycles. The first-order chi connectivity index (χ1) is 6.59. The van der Waals surface area contributed by atoms with E-state index >= 15 is 0 Å². The van der Waals surface area contributed by atoms with E-state index in [2.05, 4.69) is 25.9 Å². The van der Waals surface area contributed by atoms with Gasteiger partial charge < -0.3 is 4.57 Å². The van der Waals surface area contributed by atoms with Gasteiger partial charge in [-0.3, -0.25) is 4.79 Å². The second kappa shape index (κ2) is 3.16. The van der Waals surface area contributed by atoms with Gasteiger partial charge in [0.1, 0.15) is 11.5 Å². The number of nitrogens with zero attached hydrogens (tertiary/aromatic N) is 3. The molecule has 2 aromatic heterocycles. The van der Waals surface area contributed by atoms with Gasteiger partial charge in [0.25, 0.3) is 5.56 Å². The predicted molar refractivity (Wildman–Crippen MR) is 57.2 cm³/mol. The van der Waals surface area contributed by atoms with Crippen molar-refractivity contribution in [3.63, 3.8) is 0 Å². The van der Waals surface area contributed by atoms with Crippen molar-refractivity contribution in [1.29, 1.82) is 0 Å². The molecule has 2 rings (SSSR count). The number of halogens is 1. The van der Waals surface area contributed by atoms with Crippen molar-refractivity contribution in [2.75, 3.05) is 0 Å². The largest absolute Gasteiger partial charge is 0.317 e. The molecule has 0 radical (unpaired) electrons. The molecule has 0 saturated carbocycles. The van der Waals surface area contributed by atoms with Gasteiger partial charge in [0.05, 0.1) is 5.39 Å². The fourth-order valence-corrected chi connectivity index (χ4v) is 1.62. The minimum absolute atomic E-state index is 0.232. The minimum atomic E-state index is -0.232. The summed E-state index contributed by atoms with van der Waals surface area (Å²) in [5.41, 5.74) is 0.426. The molecule has 0 spiro atoms. The van der Waals surface area contributed by atoms with Gasteiger partial charge >= 0.3 is 0 Å². The Hall–Kier alpha value is -1.23. The van der Waals surface area contributed by atoms with Gasteiger partial charge in [-0.05, 0) is 28.9 Å². The van der Waals surface area contributed by atoms with Crippen LogP contribution in [0.3, 0.4) is 0 Å². The highest BCUT2D eigenvalue weighted by molar-refractivity contribution is 9.10. The zero-order valence-electron chi connectivity index (χ0n) is 7.78. The van der Waals surface area contributed by atoms with Crippen LogP contribution in [0.1, 0.15) is 5.82 Å². The first-order valence-corrected chi connectivity index (χ1v) is 4.88. The molecule has 0 bridgehead atoms. The van der Waals surface area contributed by atoms with Gasteiger partial charge in [-0.1, -0.05) is 0 Å². The first-order valence-electron chi connectivity index (χ1n) is 4.08. The Morgan fingerprint density at radius 2 is 2.21 bits per heavy atom. The maximum absolute atomic E-state index is 11.5. The third kappa shape index (κ3) is 1.33. The Labute approximate surface area is 88.7 Å². The number of rotatable bonds is 0. The van der Waals surface area contributed by atoms with Crippen LogP contribution in [-0.2, 0) is 7.05 Å². The zero-order chi connectivity index (χ0) is 10.3. The summed E-state index contributed by atoms with van der Waals surface area (Å²) in [5, 5.41) is 0.535. The lowest BCUT2D eigenvalue weighted by atomic mass is 10.3. The van der Waals surface area contributed by atoms with Crippen molar-refractivity contribution in [3.05, 3.63) is 32.9 Å². The molecule has 0 atom stereocenters. The van der Waals surface area contributed by atoms with Crippen LogP contribution in [0.15, 0.2) is 21.5 Å². The van der Waals surface area contributed by atoms with Crippen LogP contribution in [0.25, 0.3) is 11.0 Å². The predicted octanol–water partition coefficient (Wildman–Crippen LogP) is 1.40. The Bertz CT molecular complexity index is 562. The summed E-state index contributed by atoms with van der Waals surface area (Å²) >= 11 is 3.27. The van der Waals surface area contributed by atoms with Crippen LogP contribution in [-0.4, -0.2) is 14.5 Å². The molecular formula is C9H8BrN3O. The summed E-state index contributed by atoms with van der Waals surface area (Å²) in [6.07, 6.45) is 1.67. The molecule has 4 nitrogen and oxygen atoms in total. The summed E-state index contributed by atoms with van der Waals surface area (Å²) in [6, 6.07) is 1.73. The molecular weight excluding hydrogens is 246 g/mol. The molecule has 0 N–H and O–H groups in total. The van der Waals surface area contributed by atoms with Crippen molar-refractivity contribution in [3.8, 4) is 0 Å². The van der Waals surface area contributed by atoms with E-state index in [9.17, 15) is 4.79 Å². The first kappa shape index (κ1) is 9.33. The molecule has 0 aliphatic rings. The maximum atomic E-state index is 11.5. The average molecular weight is 254 g/mol. The number of pyridine rings is 1. The van der Waals surface area contributed by atoms with Gasteiger partial charge in [0.15, 0.2) is 0 Å². The van der Waals surface area contributed by atoms with E-state index in [1.807, 2.05) is 7.05 Å². The van der Waals surface area contributed by atoms with Crippen LogP contribution < -0.4 is 5.56 Å². The molecule has 72 valence electrons. The van der Waals surface area contributed by atoms with Gasteiger partial charge in [0.2, 0.25) is 0 Å². The molecule has 0 fully saturated rings. The lowest BCUT2D eigenvalue weighted by Gasteiger charge is -2.06. The normalized spacial score (nSPS) is 10.8. The van der Waals surface area contributed by atoms with Gasteiger partial charge in [0, 0.05) is 17.7 Å². The standard InChI is InChI=1S/C9H8BrN3O/c1-5-12-9(14)7-3-6(10)4-11-8(7)13(5)2/h3-4H,1-2H3. The SMILES string of the molecule is Cc1nc(=O)c2cc(Br)cnc2n1C. The second-order valence-electron chi connectivity index (χ2n) is 3.05. The van der Waals surface area contributed by atoms with Crippen molar-refractivity contribution >= 4 is 27.0 Å². The quantitative estimate of drug-likeness (QED) is 0.713. The molecule has 2 aromatic rings. The van der Waals surface area contributed by atoms with Crippen molar-refractivity contribution in [1.82, 2.24) is 14.5 Å². The highest BCUT2D eigenvalue weighted by Gasteiger charge is 2.06. The van der Waals surface area contributed by atoms with E-state index in [1.165, 1.54) is 0 Å². The summed E-state index contributed by atoms with van der Waals surface area (Å²) in [6.45, 7) is 1.78. The van der Waals surface area contributed by atoms with Crippen LogP contribution in [0, 0.1) is 6.92 Å². The Balaban J connectivity index is 3.02. The molecule has 0 aromatic carbocycles. The van der Waals surface area contributed by atoms with Crippen molar-refractivity contribution in [2.24, 2.45) is 7.05 Å². The second-order valence-corrected chi connectivity index (χ2v) is 3.96. The molecule has 0 saturated heterocycles. The summed E-state index contributed by atoms with van der Waals surface area (Å²) in [7, 11) is 1.84. The summed E-state index contributed by atoms with van der Waals surface area (Å²) in [4.78, 5) is 19.6. The van der Waals surface area contributed by atoms with Crippen molar-refractivity contribution in [2.45, 2.75) is 6.92 Å². The van der Waals surface area contributed by atoms with Gasteiger partial charge in [-0.2, -0.15) is 4.98 Å². The van der Waals surface area contributed by atoms with E-state index in [0.717, 1.165) is 4.47 Å². The van der Waals surface area contributed by atoms with E-state index < -0.39 is 0 Å². The number of aromatic nitrogens is 3. The summed E-state index contributed by atoms with van der Waals surface area (Å²) < 4.78 is 2.58. The molecule has 5 heteroatoms. The van der Waals surface area contributed by atoms with Crippen molar-refractivity contribution < 1.29 is 0 Å². The molecule has 14 heavy (non-hydrogen) atoms. The Morgan fingerprint density at radius 3 is 2.93 bits per heavy atom. The van der Waals surface area contributed by atoms with Crippen LogP contribution in [0.2, 0.25) is 0 Å². The smallest absolute Gasteiger partial charge is 0.282 e. The molecule has 0 unspecified atom stereocenters. The lowest BCUT2D eigenvalue weighted by molar-refractivity contribution is 0.825. The lowest BCUT2D eigenvalue weighted by Crippen LogP contribution is -2.15. The van der Waals surface area contributed by atoms with E-state index in [4.69, 9.17) is 0 Å². The van der Waals surface area contributed by atoms with E-state index in [1.54, 1.807) is 23.8 Å². The zero-order valence-corrected chi connectivity index (χ0v) is 9.37. The van der Waals surface area contributed by atoms with Gasteiger partial charge in [-0.25, -0.2) is 4.98 Å². The fraction of sp³-hybridized carbons (Fsp3) is 0.222. The maximum Gasteiger partial charge on any atom is 0.282 e. The third-order valence-corrected chi connectivity index (χ3v) is 2.56. The highest BCUT2D eigenvalue weighted by atomic mass is 79.9. The van der Waals surface area contributed by atoms with Crippen LogP contribution in [0.5, 0.6) is 0 Å². The number of aryl methyl sites for hydroxylation is 2. The average Bonchev–Trinajstić information content (AvgIpc) is 2.14. The van der Waals surface area contributed by atoms with Crippen LogP contribution >= 0.6 is 15.9 Å². The van der Waals surface area contributed by atoms with E-state index in [-0.39, 0.29) is 5.56 Å². The Kier molecular flexibility index (Phi) is 2.11. The number of fused-ring (bicyclic) bond motifs is 1. The topological polar surface area (TPSA) is 47.8 Å². The Morgan fingerprint density at radius 1 is 1.50 bits per heavy atom. The molecule has 0 amide bonds. The van der Waals surface area contributed by atoms with Crippen LogP contribution in [0.4, 0.5) is 0 Å². The number of hydrogen-bond acceptors (Lipinski definition) is 3. The molecule has 2 heterocycles. The fourth-order valence-electron chi connectivity index (χ4n) is 1.29. The monoisotopic (exact) mass is 253 g/mol. The van der Waals surface area contributed by atoms with Gasteiger partial charge in [-0.15, -0.1) is 0 Å². The third-order valence-electron chi connectivity index (χ3n) is 2.13. The minimum Gasteiger partial charge on any atom is -0.317 e. The molecule has 0 aliphatic heterocycles.